The molecule has 0 spiro atoms. The zero-order chi connectivity index (χ0) is 13.0. The predicted molar refractivity (Wildman–Crippen MR) is 74.3 cm³/mol. The highest BCUT2D eigenvalue weighted by Crippen LogP contribution is 2.28. The number of nitrogens with one attached hydrogen (secondary N) is 1. The van der Waals surface area contributed by atoms with E-state index in [-0.39, 0.29) is 0 Å². The smallest absolute Gasteiger partial charge is 0.223 e. The normalized spacial score (nSPS) is 10.6. The maximum Gasteiger partial charge on any atom is 0.223 e. The van der Waals surface area contributed by atoms with Crippen molar-refractivity contribution in [3.63, 3.8) is 0 Å². The summed E-state index contributed by atoms with van der Waals surface area (Å²) in [5.41, 5.74) is 0.948. The highest BCUT2D eigenvalue weighted by molar-refractivity contribution is 8.00. The van der Waals surface area contributed by atoms with E-state index in [2.05, 4.69) is 31.6 Å². The van der Waals surface area contributed by atoms with Crippen molar-refractivity contribution in [3.8, 4) is 0 Å². The Morgan fingerprint density at radius 2 is 2.11 bits per heavy atom. The van der Waals surface area contributed by atoms with Crippen LogP contribution in [0.15, 0.2) is 15.4 Å². The van der Waals surface area contributed by atoms with E-state index in [4.69, 9.17) is 0 Å². The van der Waals surface area contributed by atoms with E-state index in [0.717, 1.165) is 33.8 Å². The molecule has 0 atom stereocenters. The van der Waals surface area contributed by atoms with Crippen LogP contribution < -0.4 is 5.32 Å². The Morgan fingerprint density at radius 3 is 2.78 bits per heavy atom. The van der Waals surface area contributed by atoms with E-state index in [1.165, 1.54) is 23.3 Å². The fourth-order valence-corrected chi connectivity index (χ4v) is 3.05. The van der Waals surface area contributed by atoms with Crippen LogP contribution in [0.3, 0.4) is 0 Å². The van der Waals surface area contributed by atoms with Crippen LogP contribution in [-0.4, -0.2) is 25.9 Å². The van der Waals surface area contributed by atoms with Crippen LogP contribution in [0.5, 0.6) is 0 Å². The first-order valence-corrected chi connectivity index (χ1v) is 7.40. The molecule has 2 aromatic heterocycles. The van der Waals surface area contributed by atoms with Crippen LogP contribution >= 0.6 is 23.3 Å². The lowest BCUT2D eigenvalue weighted by atomic mass is 10.5. The van der Waals surface area contributed by atoms with Gasteiger partial charge in [-0.05, 0) is 43.2 Å². The van der Waals surface area contributed by atoms with Crippen LogP contribution in [0.4, 0.5) is 5.95 Å². The molecule has 0 fully saturated rings. The molecule has 18 heavy (non-hydrogen) atoms. The maximum absolute atomic E-state index is 4.43. The zero-order valence-electron chi connectivity index (χ0n) is 10.6. The molecule has 0 amide bonds. The van der Waals surface area contributed by atoms with Crippen molar-refractivity contribution in [1.82, 2.24) is 19.3 Å². The number of nitrogens with zero attached hydrogens (tertiary/aromatic N) is 4. The van der Waals surface area contributed by atoms with Crippen molar-refractivity contribution in [2.45, 2.75) is 36.6 Å². The molecule has 2 rings (SSSR count). The fraction of sp³-hybridized carbons (Fsp3) is 0.455. The molecule has 2 heterocycles. The summed E-state index contributed by atoms with van der Waals surface area (Å²) in [6, 6.07) is 1.96. The number of anilines is 1. The first-order chi connectivity index (χ1) is 8.71. The van der Waals surface area contributed by atoms with E-state index < -0.39 is 0 Å². The molecule has 0 aliphatic heterocycles. The third-order valence-corrected chi connectivity index (χ3v) is 3.83. The summed E-state index contributed by atoms with van der Waals surface area (Å²) in [6.45, 7) is 6.85. The van der Waals surface area contributed by atoms with Gasteiger partial charge in [-0.2, -0.15) is 4.37 Å². The standard InChI is InChI=1S/C11H15N5S2/c1-4-8-14-11(18-16-8)17-9-6-7(3)13-10(15-9)12-5-2/h6H,4-5H2,1-3H3,(H,12,13,15). The molecule has 0 aliphatic rings. The van der Waals surface area contributed by atoms with E-state index in [0.29, 0.717) is 5.95 Å². The zero-order valence-corrected chi connectivity index (χ0v) is 12.2. The van der Waals surface area contributed by atoms with E-state index in [1.807, 2.05) is 19.9 Å². The maximum atomic E-state index is 4.43. The van der Waals surface area contributed by atoms with Gasteiger partial charge >= 0.3 is 0 Å². The number of aromatic nitrogens is 4. The Labute approximate surface area is 115 Å². The minimum absolute atomic E-state index is 0.667. The summed E-state index contributed by atoms with van der Waals surface area (Å²) in [6.07, 6.45) is 0.864. The highest BCUT2D eigenvalue weighted by Gasteiger charge is 2.08. The summed E-state index contributed by atoms with van der Waals surface area (Å²) in [5, 5.41) is 4.02. The van der Waals surface area contributed by atoms with Crippen LogP contribution in [0.2, 0.25) is 0 Å². The second-order valence-electron chi connectivity index (χ2n) is 3.63. The quantitative estimate of drug-likeness (QED) is 0.850. The van der Waals surface area contributed by atoms with Gasteiger partial charge in [0.15, 0.2) is 4.34 Å². The third kappa shape index (κ3) is 3.39. The van der Waals surface area contributed by atoms with Crippen LogP contribution in [0.1, 0.15) is 25.4 Å². The predicted octanol–water partition coefficient (Wildman–Crippen LogP) is 2.78. The van der Waals surface area contributed by atoms with Gasteiger partial charge in [0.2, 0.25) is 5.95 Å². The Balaban J connectivity index is 2.17. The molecular formula is C11H15N5S2. The van der Waals surface area contributed by atoms with Gasteiger partial charge in [0.05, 0.1) is 0 Å². The van der Waals surface area contributed by atoms with Gasteiger partial charge in [-0.3, -0.25) is 0 Å². The number of rotatable bonds is 5. The van der Waals surface area contributed by atoms with Gasteiger partial charge in [0.1, 0.15) is 10.9 Å². The summed E-state index contributed by atoms with van der Waals surface area (Å²) in [5.74, 6) is 1.56. The van der Waals surface area contributed by atoms with Gasteiger partial charge in [-0.15, -0.1) is 0 Å². The highest BCUT2D eigenvalue weighted by atomic mass is 32.2. The summed E-state index contributed by atoms with van der Waals surface area (Å²) in [7, 11) is 0. The van der Waals surface area contributed by atoms with Crippen molar-refractivity contribution >= 4 is 29.2 Å². The molecule has 0 radical (unpaired) electrons. The Morgan fingerprint density at radius 1 is 1.28 bits per heavy atom. The van der Waals surface area contributed by atoms with Crippen LogP contribution in [0.25, 0.3) is 0 Å². The molecule has 0 aromatic carbocycles. The SMILES string of the molecule is CCNc1nc(C)cc(Sc2nc(CC)ns2)n1. The lowest BCUT2D eigenvalue weighted by Crippen LogP contribution is -2.03. The van der Waals surface area contributed by atoms with E-state index >= 15 is 0 Å². The number of hydrogen-bond donors (Lipinski definition) is 1. The number of hydrogen-bond acceptors (Lipinski definition) is 7. The lowest BCUT2D eigenvalue weighted by molar-refractivity contribution is 0.963. The Hall–Kier alpha value is -1.21. The average molecular weight is 281 g/mol. The molecule has 0 aliphatic carbocycles. The van der Waals surface area contributed by atoms with Gasteiger partial charge < -0.3 is 5.32 Å². The van der Waals surface area contributed by atoms with Crippen LogP contribution in [0, 0.1) is 6.92 Å². The molecular weight excluding hydrogens is 266 g/mol. The second-order valence-corrected chi connectivity index (χ2v) is 5.65. The molecule has 7 heteroatoms. The average Bonchev–Trinajstić information content (AvgIpc) is 2.76. The monoisotopic (exact) mass is 281 g/mol. The summed E-state index contributed by atoms with van der Waals surface area (Å²) in [4.78, 5) is 13.2. The van der Waals surface area contributed by atoms with Crippen molar-refractivity contribution < 1.29 is 0 Å². The summed E-state index contributed by atoms with van der Waals surface area (Å²) >= 11 is 2.95. The largest absolute Gasteiger partial charge is 0.354 e. The van der Waals surface area contributed by atoms with Crippen molar-refractivity contribution in [2.75, 3.05) is 11.9 Å². The Kier molecular flexibility index (Phi) is 4.48. The minimum atomic E-state index is 0.667. The molecule has 1 N–H and O–H groups in total. The van der Waals surface area contributed by atoms with Crippen LogP contribution in [-0.2, 0) is 6.42 Å². The van der Waals surface area contributed by atoms with Gasteiger partial charge in [-0.25, -0.2) is 15.0 Å². The topological polar surface area (TPSA) is 63.6 Å². The van der Waals surface area contributed by atoms with Crippen molar-refractivity contribution in [3.05, 3.63) is 17.6 Å². The first kappa shape index (κ1) is 13.2. The van der Waals surface area contributed by atoms with Crippen molar-refractivity contribution in [2.24, 2.45) is 0 Å². The fourth-order valence-electron chi connectivity index (χ4n) is 1.34. The molecule has 0 saturated carbocycles. The van der Waals surface area contributed by atoms with E-state index in [1.54, 1.807) is 0 Å². The summed E-state index contributed by atoms with van der Waals surface area (Å²) < 4.78 is 5.19. The molecule has 0 unspecified atom stereocenters. The molecule has 0 bridgehead atoms. The molecule has 2 aromatic rings. The van der Waals surface area contributed by atoms with Gasteiger partial charge in [0, 0.05) is 18.7 Å². The lowest BCUT2D eigenvalue weighted by Gasteiger charge is -2.04. The molecule has 96 valence electrons. The van der Waals surface area contributed by atoms with Gasteiger partial charge in [-0.1, -0.05) is 6.92 Å². The van der Waals surface area contributed by atoms with Crippen molar-refractivity contribution in [1.29, 1.82) is 0 Å². The number of aryl methyl sites for hydroxylation is 2. The first-order valence-electron chi connectivity index (χ1n) is 5.81. The van der Waals surface area contributed by atoms with Gasteiger partial charge in [0.25, 0.3) is 0 Å². The minimum Gasteiger partial charge on any atom is -0.354 e. The van der Waals surface area contributed by atoms with E-state index in [9.17, 15) is 0 Å². The molecule has 0 saturated heterocycles. The molecule has 5 nitrogen and oxygen atoms in total. The Bertz CT molecular complexity index is 526. The third-order valence-electron chi connectivity index (χ3n) is 2.12. The second kappa shape index (κ2) is 6.10.